The summed E-state index contributed by atoms with van der Waals surface area (Å²) >= 11 is 5.67. The molecule has 1 aliphatic heterocycles. The Morgan fingerprint density at radius 1 is 1.00 bits per heavy atom. The summed E-state index contributed by atoms with van der Waals surface area (Å²) in [7, 11) is 0. The van der Waals surface area contributed by atoms with E-state index in [9.17, 15) is 23.2 Å². The van der Waals surface area contributed by atoms with Crippen LogP contribution in [0.25, 0.3) is 5.69 Å². The number of nitrogen functional groups attached to an aromatic ring is 1. The number of hydrogen-bond donors (Lipinski definition) is 2. The third kappa shape index (κ3) is 3.01. The molecule has 1 aliphatic rings. The maximum absolute atomic E-state index is 14.6. The summed E-state index contributed by atoms with van der Waals surface area (Å²) in [5, 5.41) is 1.85. The molecule has 0 saturated heterocycles. The third-order valence-corrected chi connectivity index (χ3v) is 4.55. The van der Waals surface area contributed by atoms with Crippen LogP contribution >= 0.6 is 11.6 Å². The molecule has 0 saturated carbocycles. The van der Waals surface area contributed by atoms with Crippen LogP contribution in [0.3, 0.4) is 0 Å². The number of carbonyl (C=O) groups excluding carboxylic acids is 2. The zero-order valence-electron chi connectivity index (χ0n) is 14.3. The van der Waals surface area contributed by atoms with Crippen molar-refractivity contribution in [1.82, 2.24) is 9.88 Å². The number of amides is 2. The molecule has 0 spiro atoms. The SMILES string of the molecule is Nc1c2c(cc(=O)n1-c1ccc(Oc3cccc(Cl)c3F)c(F)c1)C(=O)NC2=O. The number of imide groups is 1. The number of anilines is 1. The highest BCUT2D eigenvalue weighted by molar-refractivity contribution is 6.30. The predicted molar refractivity (Wildman–Crippen MR) is 99.7 cm³/mol. The molecule has 2 amide bonds. The van der Waals surface area contributed by atoms with Gasteiger partial charge in [-0.3, -0.25) is 24.3 Å². The number of rotatable bonds is 3. The number of carbonyl (C=O) groups is 2. The topological polar surface area (TPSA) is 103 Å². The molecule has 3 N–H and O–H groups in total. The van der Waals surface area contributed by atoms with Gasteiger partial charge in [-0.25, -0.2) is 8.78 Å². The van der Waals surface area contributed by atoms with Crippen LogP contribution in [0.2, 0.25) is 5.02 Å². The molecule has 3 aromatic rings. The number of nitrogens with one attached hydrogen (secondary N) is 1. The molecule has 2 heterocycles. The van der Waals surface area contributed by atoms with Crippen molar-refractivity contribution in [3.8, 4) is 17.2 Å². The van der Waals surface area contributed by atoms with Gasteiger partial charge in [-0.15, -0.1) is 0 Å². The van der Waals surface area contributed by atoms with Crippen LogP contribution in [0.15, 0.2) is 47.3 Å². The molecule has 7 nitrogen and oxygen atoms in total. The molecule has 146 valence electrons. The Bertz CT molecular complexity index is 1270. The Balaban J connectivity index is 1.77. The lowest BCUT2D eigenvalue weighted by Gasteiger charge is -2.13. The number of aromatic nitrogens is 1. The van der Waals surface area contributed by atoms with Gasteiger partial charge in [0.1, 0.15) is 5.82 Å². The van der Waals surface area contributed by atoms with E-state index in [1.165, 1.54) is 24.3 Å². The van der Waals surface area contributed by atoms with Crippen molar-refractivity contribution in [1.29, 1.82) is 0 Å². The first-order valence-corrected chi connectivity index (χ1v) is 8.48. The van der Waals surface area contributed by atoms with Crippen molar-refractivity contribution < 1.29 is 23.1 Å². The van der Waals surface area contributed by atoms with Crippen LogP contribution in [0.5, 0.6) is 11.5 Å². The molecule has 4 rings (SSSR count). The Kier molecular flexibility index (Phi) is 4.31. The summed E-state index contributed by atoms with van der Waals surface area (Å²) in [4.78, 5) is 36.0. The fourth-order valence-electron chi connectivity index (χ4n) is 2.94. The van der Waals surface area contributed by atoms with E-state index in [4.69, 9.17) is 22.1 Å². The van der Waals surface area contributed by atoms with E-state index < -0.39 is 29.0 Å². The summed E-state index contributed by atoms with van der Waals surface area (Å²) in [5.74, 6) is -4.19. The molecule has 0 radical (unpaired) electrons. The lowest BCUT2D eigenvalue weighted by molar-refractivity contribution is 0.0880. The van der Waals surface area contributed by atoms with Crippen LogP contribution in [-0.2, 0) is 0 Å². The molecule has 0 unspecified atom stereocenters. The fraction of sp³-hybridized carbons (Fsp3) is 0. The van der Waals surface area contributed by atoms with Crippen LogP contribution in [0.1, 0.15) is 20.7 Å². The van der Waals surface area contributed by atoms with Gasteiger partial charge in [-0.2, -0.15) is 0 Å². The van der Waals surface area contributed by atoms with Gasteiger partial charge in [-0.05, 0) is 24.3 Å². The predicted octanol–water partition coefficient (Wildman–Crippen LogP) is 3.03. The van der Waals surface area contributed by atoms with Gasteiger partial charge in [0.2, 0.25) is 0 Å². The zero-order valence-corrected chi connectivity index (χ0v) is 15.1. The lowest BCUT2D eigenvalue weighted by atomic mass is 10.1. The van der Waals surface area contributed by atoms with Gasteiger partial charge in [0.15, 0.2) is 23.1 Å². The second-order valence-electron chi connectivity index (χ2n) is 6.04. The minimum atomic E-state index is -0.922. The van der Waals surface area contributed by atoms with Crippen LogP contribution in [0.4, 0.5) is 14.6 Å². The monoisotopic (exact) mass is 417 g/mol. The Labute approximate surface area is 166 Å². The molecule has 0 bridgehead atoms. The van der Waals surface area contributed by atoms with Gasteiger partial charge in [0, 0.05) is 12.1 Å². The number of hydrogen-bond acceptors (Lipinski definition) is 5. The summed E-state index contributed by atoms with van der Waals surface area (Å²) in [6, 6.07) is 8.34. The highest BCUT2D eigenvalue weighted by atomic mass is 35.5. The number of pyridine rings is 1. The summed E-state index contributed by atoms with van der Waals surface area (Å²) in [6.45, 7) is 0. The minimum absolute atomic E-state index is 0.0149. The van der Waals surface area contributed by atoms with Crippen molar-refractivity contribution in [2.24, 2.45) is 0 Å². The van der Waals surface area contributed by atoms with E-state index in [1.54, 1.807) is 0 Å². The standard InChI is InChI=1S/C19H10ClF2N3O4/c20-10-2-1-3-13(16(10)22)29-12-5-4-8(6-11(12)21)25-14(26)7-9-15(17(25)23)19(28)24-18(9)27/h1-7H,23H2,(H,24,27,28). The average molecular weight is 418 g/mol. The van der Waals surface area contributed by atoms with Crippen molar-refractivity contribution in [3.05, 3.63) is 80.6 Å². The largest absolute Gasteiger partial charge is 0.451 e. The van der Waals surface area contributed by atoms with Crippen molar-refractivity contribution in [2.45, 2.75) is 0 Å². The van der Waals surface area contributed by atoms with E-state index in [-0.39, 0.29) is 39.2 Å². The van der Waals surface area contributed by atoms with Crippen LogP contribution in [-0.4, -0.2) is 16.4 Å². The average Bonchev–Trinajstić information content (AvgIpc) is 2.94. The van der Waals surface area contributed by atoms with Gasteiger partial charge >= 0.3 is 0 Å². The molecule has 0 atom stereocenters. The van der Waals surface area contributed by atoms with Crippen molar-refractivity contribution in [3.63, 3.8) is 0 Å². The van der Waals surface area contributed by atoms with Gasteiger partial charge in [0.25, 0.3) is 17.4 Å². The maximum Gasteiger partial charge on any atom is 0.262 e. The molecule has 29 heavy (non-hydrogen) atoms. The zero-order chi connectivity index (χ0) is 20.9. The molecular weight excluding hydrogens is 408 g/mol. The molecule has 2 aromatic carbocycles. The number of ether oxygens (including phenoxy) is 1. The number of benzene rings is 2. The van der Waals surface area contributed by atoms with E-state index >= 15 is 0 Å². The molecule has 0 aliphatic carbocycles. The maximum atomic E-state index is 14.6. The van der Waals surface area contributed by atoms with Crippen molar-refractivity contribution in [2.75, 3.05) is 5.73 Å². The van der Waals surface area contributed by atoms with Crippen LogP contribution < -0.4 is 21.3 Å². The van der Waals surface area contributed by atoms with Crippen LogP contribution in [0, 0.1) is 11.6 Å². The van der Waals surface area contributed by atoms with Gasteiger partial charge in [0.05, 0.1) is 21.8 Å². The molecule has 10 heteroatoms. The van der Waals surface area contributed by atoms with E-state index in [0.717, 1.165) is 22.8 Å². The number of nitrogens with two attached hydrogens (primary N) is 1. The minimum Gasteiger partial charge on any atom is -0.451 e. The smallest absolute Gasteiger partial charge is 0.262 e. The first-order valence-electron chi connectivity index (χ1n) is 8.11. The van der Waals surface area contributed by atoms with E-state index in [1.807, 2.05) is 5.32 Å². The van der Waals surface area contributed by atoms with E-state index in [2.05, 4.69) is 0 Å². The first-order chi connectivity index (χ1) is 13.8. The van der Waals surface area contributed by atoms with Crippen molar-refractivity contribution >= 4 is 29.2 Å². The normalized spacial score (nSPS) is 12.7. The van der Waals surface area contributed by atoms with E-state index in [0.29, 0.717) is 0 Å². The molecule has 0 fully saturated rings. The summed E-state index contributed by atoms with van der Waals surface area (Å²) < 4.78 is 34.6. The molecular formula is C19H10ClF2N3O4. The van der Waals surface area contributed by atoms with Gasteiger partial charge < -0.3 is 10.5 Å². The highest BCUT2D eigenvalue weighted by Gasteiger charge is 2.32. The quantitative estimate of drug-likeness (QED) is 0.637. The highest BCUT2D eigenvalue weighted by Crippen LogP contribution is 2.31. The first kappa shape index (κ1) is 18.6. The second-order valence-corrected chi connectivity index (χ2v) is 6.45. The second kappa shape index (κ2) is 6.71. The Morgan fingerprint density at radius 2 is 1.76 bits per heavy atom. The number of fused-ring (bicyclic) bond motifs is 1. The lowest BCUT2D eigenvalue weighted by Crippen LogP contribution is -2.24. The van der Waals surface area contributed by atoms with Gasteiger partial charge in [-0.1, -0.05) is 17.7 Å². The molecule has 1 aromatic heterocycles. The summed E-state index contributed by atoms with van der Waals surface area (Å²) in [5.41, 5.74) is 4.83. The number of nitrogens with zero attached hydrogens (tertiary/aromatic N) is 1. The summed E-state index contributed by atoms with van der Waals surface area (Å²) in [6.07, 6.45) is 0. The fourth-order valence-corrected chi connectivity index (χ4v) is 3.10. The number of halogens is 3. The third-order valence-electron chi connectivity index (χ3n) is 4.26. The Morgan fingerprint density at radius 3 is 2.48 bits per heavy atom. The Hall–Kier alpha value is -3.72.